The van der Waals surface area contributed by atoms with Gasteiger partial charge in [-0.25, -0.2) is 9.78 Å². The SMILES string of the molecule is CCCc1c(Oc2ccc(O)c([C@H]3CC3NC(=O)OC(C)(C)C)c2)ccnc1NC=O. The van der Waals surface area contributed by atoms with Gasteiger partial charge in [0.25, 0.3) is 0 Å². The summed E-state index contributed by atoms with van der Waals surface area (Å²) in [6.07, 6.45) is 3.95. The average molecular weight is 428 g/mol. The minimum atomic E-state index is -0.567. The Morgan fingerprint density at radius 3 is 2.77 bits per heavy atom. The number of rotatable bonds is 8. The first-order chi connectivity index (χ1) is 14.7. The number of pyridine rings is 1. The van der Waals surface area contributed by atoms with Crippen molar-refractivity contribution in [2.45, 2.75) is 64.5 Å². The van der Waals surface area contributed by atoms with Gasteiger partial charge in [0.2, 0.25) is 6.41 Å². The first-order valence-electron chi connectivity index (χ1n) is 10.4. The van der Waals surface area contributed by atoms with Crippen LogP contribution in [0.1, 0.15) is 57.6 Å². The molecule has 166 valence electrons. The van der Waals surface area contributed by atoms with Crippen LogP contribution in [0.15, 0.2) is 30.5 Å². The van der Waals surface area contributed by atoms with E-state index >= 15 is 0 Å². The minimum Gasteiger partial charge on any atom is -0.508 e. The smallest absolute Gasteiger partial charge is 0.407 e. The summed E-state index contributed by atoms with van der Waals surface area (Å²) in [6, 6.07) is 6.69. The van der Waals surface area contributed by atoms with Crippen LogP contribution in [0.3, 0.4) is 0 Å². The Hall–Kier alpha value is -3.29. The van der Waals surface area contributed by atoms with Crippen LogP contribution in [0.2, 0.25) is 0 Å². The molecular formula is C23H29N3O5. The predicted molar refractivity (Wildman–Crippen MR) is 117 cm³/mol. The third kappa shape index (κ3) is 5.87. The van der Waals surface area contributed by atoms with Gasteiger partial charge in [0, 0.05) is 29.3 Å². The van der Waals surface area contributed by atoms with Gasteiger partial charge in [-0.05, 0) is 57.9 Å². The molecule has 0 bridgehead atoms. The number of carbonyl (C=O) groups is 2. The normalized spacial score (nSPS) is 17.5. The number of nitrogens with zero attached hydrogens (tertiary/aromatic N) is 1. The number of aromatic hydroxyl groups is 1. The summed E-state index contributed by atoms with van der Waals surface area (Å²) >= 11 is 0. The third-order valence-corrected chi connectivity index (χ3v) is 4.83. The van der Waals surface area contributed by atoms with E-state index in [1.807, 2.05) is 27.7 Å². The third-order valence-electron chi connectivity index (χ3n) is 4.83. The largest absolute Gasteiger partial charge is 0.508 e. The molecule has 2 amide bonds. The van der Waals surface area contributed by atoms with Crippen molar-refractivity contribution in [2.24, 2.45) is 0 Å². The lowest BCUT2D eigenvalue weighted by Crippen LogP contribution is -2.34. The first kappa shape index (κ1) is 22.4. The summed E-state index contributed by atoms with van der Waals surface area (Å²) in [7, 11) is 0. The Labute approximate surface area is 182 Å². The molecule has 1 heterocycles. The number of hydrogen-bond donors (Lipinski definition) is 3. The highest BCUT2D eigenvalue weighted by Gasteiger charge is 2.42. The lowest BCUT2D eigenvalue weighted by atomic mass is 10.1. The number of phenols is 1. The van der Waals surface area contributed by atoms with E-state index in [4.69, 9.17) is 9.47 Å². The van der Waals surface area contributed by atoms with Gasteiger partial charge in [0.15, 0.2) is 0 Å². The molecule has 1 fully saturated rings. The van der Waals surface area contributed by atoms with Gasteiger partial charge in [-0.2, -0.15) is 0 Å². The molecule has 0 saturated heterocycles. The van der Waals surface area contributed by atoms with E-state index in [1.54, 1.807) is 30.5 Å². The van der Waals surface area contributed by atoms with Crippen molar-refractivity contribution in [1.82, 2.24) is 10.3 Å². The number of nitrogens with one attached hydrogen (secondary N) is 2. The fraction of sp³-hybridized carbons (Fsp3) is 0.435. The highest BCUT2D eigenvalue weighted by atomic mass is 16.6. The van der Waals surface area contributed by atoms with Crippen molar-refractivity contribution in [3.63, 3.8) is 0 Å². The van der Waals surface area contributed by atoms with Crippen molar-refractivity contribution in [1.29, 1.82) is 0 Å². The van der Waals surface area contributed by atoms with Crippen LogP contribution >= 0.6 is 0 Å². The van der Waals surface area contributed by atoms with Crippen molar-refractivity contribution >= 4 is 18.3 Å². The highest BCUT2D eigenvalue weighted by molar-refractivity contribution is 5.72. The van der Waals surface area contributed by atoms with E-state index in [0.29, 0.717) is 42.1 Å². The second-order valence-corrected chi connectivity index (χ2v) is 8.57. The molecule has 2 atom stereocenters. The number of ether oxygens (including phenoxy) is 2. The van der Waals surface area contributed by atoms with Crippen LogP contribution in [0, 0.1) is 0 Å². The van der Waals surface area contributed by atoms with Crippen LogP contribution in [0.25, 0.3) is 0 Å². The molecule has 3 rings (SSSR count). The van der Waals surface area contributed by atoms with E-state index in [-0.39, 0.29) is 17.7 Å². The molecule has 1 aliphatic carbocycles. The van der Waals surface area contributed by atoms with Gasteiger partial charge < -0.3 is 25.2 Å². The number of phenolic OH excluding ortho intramolecular Hbond substituents is 1. The molecule has 0 spiro atoms. The molecule has 31 heavy (non-hydrogen) atoms. The summed E-state index contributed by atoms with van der Waals surface area (Å²) in [6.45, 7) is 7.47. The molecule has 3 N–H and O–H groups in total. The van der Waals surface area contributed by atoms with Crippen molar-refractivity contribution in [3.8, 4) is 17.2 Å². The van der Waals surface area contributed by atoms with Crippen LogP contribution in [0.4, 0.5) is 10.6 Å². The maximum absolute atomic E-state index is 12.0. The van der Waals surface area contributed by atoms with E-state index < -0.39 is 11.7 Å². The summed E-state index contributed by atoms with van der Waals surface area (Å²) < 4.78 is 11.4. The zero-order valence-electron chi connectivity index (χ0n) is 18.3. The predicted octanol–water partition coefficient (Wildman–Crippen LogP) is 4.48. The van der Waals surface area contributed by atoms with Crippen molar-refractivity contribution in [2.75, 3.05) is 5.32 Å². The molecule has 0 aliphatic heterocycles. The second-order valence-electron chi connectivity index (χ2n) is 8.57. The Bertz CT molecular complexity index is 955. The van der Waals surface area contributed by atoms with Gasteiger partial charge in [-0.3, -0.25) is 4.79 Å². The molecule has 1 unspecified atom stereocenters. The zero-order chi connectivity index (χ0) is 22.6. The number of amides is 2. The van der Waals surface area contributed by atoms with Crippen molar-refractivity contribution < 1.29 is 24.2 Å². The molecule has 1 aliphatic rings. The summed E-state index contributed by atoms with van der Waals surface area (Å²) in [5, 5.41) is 15.8. The van der Waals surface area contributed by atoms with Gasteiger partial charge >= 0.3 is 6.09 Å². The van der Waals surface area contributed by atoms with Crippen LogP contribution in [0.5, 0.6) is 17.2 Å². The molecule has 8 nitrogen and oxygen atoms in total. The topological polar surface area (TPSA) is 110 Å². The van der Waals surface area contributed by atoms with Gasteiger partial charge in [0.05, 0.1) is 0 Å². The standard InChI is InChI=1S/C23H29N3O5/c1-5-6-15-20(9-10-24-21(15)25-13-27)30-14-7-8-19(28)17(11-14)16-12-18(16)26-22(29)31-23(2,3)4/h7-11,13,16,18,28H,5-6,12H2,1-4H3,(H,26,29)(H,24,25,27)/t16-,18?/m1/s1. The molecule has 2 aromatic rings. The number of hydrogen-bond acceptors (Lipinski definition) is 6. The number of aromatic nitrogens is 1. The molecular weight excluding hydrogens is 398 g/mol. The quantitative estimate of drug-likeness (QED) is 0.536. The minimum absolute atomic E-state index is 0.0177. The fourth-order valence-electron chi connectivity index (χ4n) is 3.42. The molecule has 0 radical (unpaired) electrons. The summed E-state index contributed by atoms with van der Waals surface area (Å²) in [4.78, 5) is 27.1. The number of carbonyl (C=O) groups excluding carboxylic acids is 2. The van der Waals surface area contributed by atoms with Crippen LogP contribution < -0.4 is 15.4 Å². The molecule has 8 heteroatoms. The Morgan fingerprint density at radius 2 is 2.10 bits per heavy atom. The molecule has 1 aromatic heterocycles. The molecule has 1 saturated carbocycles. The van der Waals surface area contributed by atoms with Gasteiger partial charge in [-0.1, -0.05) is 13.3 Å². The average Bonchev–Trinajstić information content (AvgIpc) is 3.43. The van der Waals surface area contributed by atoms with Crippen molar-refractivity contribution in [3.05, 3.63) is 41.6 Å². The number of alkyl carbamates (subject to hydrolysis) is 1. The monoisotopic (exact) mass is 427 g/mol. The van der Waals surface area contributed by atoms with E-state index in [0.717, 1.165) is 12.0 Å². The summed E-state index contributed by atoms with van der Waals surface area (Å²) in [5.74, 6) is 1.75. The van der Waals surface area contributed by atoms with Crippen LogP contribution in [-0.2, 0) is 16.0 Å². The lowest BCUT2D eigenvalue weighted by Gasteiger charge is -2.19. The highest BCUT2D eigenvalue weighted by Crippen LogP contribution is 2.46. The Morgan fingerprint density at radius 1 is 1.32 bits per heavy atom. The zero-order valence-corrected chi connectivity index (χ0v) is 18.3. The van der Waals surface area contributed by atoms with E-state index in [2.05, 4.69) is 15.6 Å². The Balaban J connectivity index is 1.75. The maximum Gasteiger partial charge on any atom is 0.407 e. The van der Waals surface area contributed by atoms with Gasteiger partial charge in [-0.15, -0.1) is 0 Å². The van der Waals surface area contributed by atoms with Gasteiger partial charge in [0.1, 0.15) is 28.7 Å². The maximum atomic E-state index is 12.0. The van der Waals surface area contributed by atoms with E-state index in [9.17, 15) is 14.7 Å². The fourth-order valence-corrected chi connectivity index (χ4v) is 3.42. The number of anilines is 1. The first-order valence-corrected chi connectivity index (χ1v) is 10.4. The lowest BCUT2D eigenvalue weighted by molar-refractivity contribution is -0.105. The van der Waals surface area contributed by atoms with Crippen LogP contribution in [-0.4, -0.2) is 34.2 Å². The molecule has 1 aromatic carbocycles. The second kappa shape index (κ2) is 9.24. The van der Waals surface area contributed by atoms with E-state index in [1.165, 1.54) is 0 Å². The number of benzene rings is 1. The Kier molecular flexibility index (Phi) is 6.68. The summed E-state index contributed by atoms with van der Waals surface area (Å²) in [5.41, 5.74) is 0.946.